The third kappa shape index (κ3) is 2.81. The monoisotopic (exact) mass is 346 g/mol. The van der Waals surface area contributed by atoms with Gasteiger partial charge in [0.1, 0.15) is 12.1 Å². The van der Waals surface area contributed by atoms with Gasteiger partial charge in [0.25, 0.3) is 0 Å². The first-order valence-electron chi connectivity index (χ1n) is 10.5. The molecule has 0 aromatic heterocycles. The first-order valence-corrected chi connectivity index (χ1v) is 10.5. The van der Waals surface area contributed by atoms with Gasteiger partial charge in [0.2, 0.25) is 0 Å². The average Bonchev–Trinajstić information content (AvgIpc) is 2.91. The minimum absolute atomic E-state index is 0.112. The van der Waals surface area contributed by atoms with Gasteiger partial charge < -0.3 is 9.90 Å². The van der Waals surface area contributed by atoms with E-state index in [4.69, 9.17) is 0 Å². The van der Waals surface area contributed by atoms with E-state index in [0.29, 0.717) is 11.8 Å². The Hall–Kier alpha value is -0.700. The standard InChI is InChI=1S/C22H34O3/c1-21(25)10-7-15-14(13-21)3-4-17-16(15)8-11-22(2)18(17)5-6-19(22)20(24)9-12-23/h12,14-19,25H,3-11,13H2,1-2H3/t14-,15-,16+,17+,18-,19+,21+,22-/m0/s1. The number of carbonyl (C=O) groups is 2. The van der Waals surface area contributed by atoms with Gasteiger partial charge in [-0.3, -0.25) is 4.79 Å². The summed E-state index contributed by atoms with van der Waals surface area (Å²) >= 11 is 0. The highest BCUT2D eigenvalue weighted by molar-refractivity contribution is 5.92. The maximum absolute atomic E-state index is 12.5. The van der Waals surface area contributed by atoms with E-state index in [1.54, 1.807) is 0 Å². The van der Waals surface area contributed by atoms with E-state index < -0.39 is 5.60 Å². The van der Waals surface area contributed by atoms with Gasteiger partial charge in [-0.2, -0.15) is 0 Å². The summed E-state index contributed by atoms with van der Waals surface area (Å²) in [7, 11) is 0. The van der Waals surface area contributed by atoms with Crippen molar-refractivity contribution in [3.8, 4) is 0 Å². The van der Waals surface area contributed by atoms with Crippen molar-refractivity contribution in [1.82, 2.24) is 0 Å². The van der Waals surface area contributed by atoms with E-state index in [0.717, 1.165) is 49.7 Å². The van der Waals surface area contributed by atoms with E-state index in [2.05, 4.69) is 6.92 Å². The summed E-state index contributed by atoms with van der Waals surface area (Å²) < 4.78 is 0. The molecule has 25 heavy (non-hydrogen) atoms. The van der Waals surface area contributed by atoms with E-state index >= 15 is 0 Å². The van der Waals surface area contributed by atoms with Crippen molar-refractivity contribution in [1.29, 1.82) is 0 Å². The molecule has 0 bridgehead atoms. The number of rotatable bonds is 3. The molecule has 0 aromatic carbocycles. The SMILES string of the molecule is C[C@@]1(O)CC[C@H]2[C@@H](CC[C@@H]3[C@@H]2CC[C@]2(C)[C@@H](C(=O)CC=O)CC[C@@H]32)C1. The molecule has 0 amide bonds. The molecule has 140 valence electrons. The largest absolute Gasteiger partial charge is 0.390 e. The van der Waals surface area contributed by atoms with Gasteiger partial charge in [-0.05, 0) is 99.7 Å². The minimum Gasteiger partial charge on any atom is -0.390 e. The predicted octanol–water partition coefficient (Wildman–Crippen LogP) is 4.16. The Morgan fingerprint density at radius 1 is 1.00 bits per heavy atom. The maximum Gasteiger partial charge on any atom is 0.143 e. The van der Waals surface area contributed by atoms with Crippen LogP contribution in [-0.4, -0.2) is 22.8 Å². The van der Waals surface area contributed by atoms with E-state index in [9.17, 15) is 14.7 Å². The third-order valence-corrected chi connectivity index (χ3v) is 8.91. The van der Waals surface area contributed by atoms with Crippen LogP contribution in [0.3, 0.4) is 0 Å². The van der Waals surface area contributed by atoms with Crippen molar-refractivity contribution in [3.63, 3.8) is 0 Å². The van der Waals surface area contributed by atoms with Crippen LogP contribution in [0, 0.1) is 40.9 Å². The zero-order valence-corrected chi connectivity index (χ0v) is 15.9. The molecule has 0 unspecified atom stereocenters. The normalized spacial score (nSPS) is 52.0. The number of aliphatic hydroxyl groups is 1. The number of carbonyl (C=O) groups excluding carboxylic acids is 2. The summed E-state index contributed by atoms with van der Waals surface area (Å²) in [6.45, 7) is 4.37. The number of ketones is 1. The lowest BCUT2D eigenvalue weighted by atomic mass is 9.49. The van der Waals surface area contributed by atoms with E-state index in [1.807, 2.05) is 6.92 Å². The number of fused-ring (bicyclic) bond motifs is 5. The van der Waals surface area contributed by atoms with Crippen molar-refractivity contribution in [2.75, 3.05) is 0 Å². The van der Waals surface area contributed by atoms with Gasteiger partial charge in [0.05, 0.1) is 12.0 Å². The summed E-state index contributed by atoms with van der Waals surface area (Å²) in [5.41, 5.74) is -0.314. The van der Waals surface area contributed by atoms with Crippen LogP contribution < -0.4 is 0 Å². The molecular formula is C22H34O3. The zero-order chi connectivity index (χ0) is 17.8. The summed E-state index contributed by atoms with van der Waals surface area (Å²) in [6, 6.07) is 0. The fraction of sp³-hybridized carbons (Fsp3) is 0.909. The van der Waals surface area contributed by atoms with Crippen molar-refractivity contribution in [3.05, 3.63) is 0 Å². The second kappa shape index (κ2) is 6.18. The van der Waals surface area contributed by atoms with Gasteiger partial charge in [-0.1, -0.05) is 6.92 Å². The lowest BCUT2D eigenvalue weighted by Gasteiger charge is -2.56. The molecule has 0 aromatic rings. The van der Waals surface area contributed by atoms with Gasteiger partial charge in [-0.25, -0.2) is 0 Å². The zero-order valence-electron chi connectivity index (χ0n) is 15.9. The molecule has 4 rings (SSSR count). The number of Topliss-reactive ketones (excluding diaryl/α,β-unsaturated/α-hetero) is 1. The Morgan fingerprint density at radius 3 is 2.52 bits per heavy atom. The lowest BCUT2D eigenvalue weighted by Crippen LogP contribution is -2.51. The van der Waals surface area contributed by atoms with Gasteiger partial charge in [0, 0.05) is 5.92 Å². The molecule has 4 saturated carbocycles. The van der Waals surface area contributed by atoms with Crippen molar-refractivity contribution in [2.24, 2.45) is 40.9 Å². The van der Waals surface area contributed by atoms with Crippen LogP contribution in [0.25, 0.3) is 0 Å². The molecule has 0 heterocycles. The van der Waals surface area contributed by atoms with Crippen molar-refractivity contribution < 1.29 is 14.7 Å². The van der Waals surface area contributed by atoms with E-state index in [-0.39, 0.29) is 23.5 Å². The Balaban J connectivity index is 1.53. The Kier molecular flexibility index (Phi) is 4.38. The molecule has 0 aliphatic heterocycles. The lowest BCUT2D eigenvalue weighted by molar-refractivity contribution is -0.133. The average molecular weight is 347 g/mol. The maximum atomic E-state index is 12.5. The van der Waals surface area contributed by atoms with Crippen LogP contribution in [0.4, 0.5) is 0 Å². The topological polar surface area (TPSA) is 54.4 Å². The summed E-state index contributed by atoms with van der Waals surface area (Å²) in [5, 5.41) is 10.5. The molecule has 0 spiro atoms. The van der Waals surface area contributed by atoms with Crippen LogP contribution in [0.5, 0.6) is 0 Å². The Labute approximate surface area is 151 Å². The van der Waals surface area contributed by atoms with Crippen molar-refractivity contribution in [2.45, 2.75) is 83.7 Å². The smallest absolute Gasteiger partial charge is 0.143 e. The molecule has 8 atom stereocenters. The molecule has 1 N–H and O–H groups in total. The fourth-order valence-corrected chi connectivity index (χ4v) is 7.83. The molecule has 4 fully saturated rings. The van der Waals surface area contributed by atoms with Crippen LogP contribution in [0.15, 0.2) is 0 Å². The third-order valence-electron chi connectivity index (χ3n) is 8.91. The molecule has 0 saturated heterocycles. The number of hydrogen-bond donors (Lipinski definition) is 1. The second-order valence-electron chi connectivity index (χ2n) is 10.2. The fourth-order valence-electron chi connectivity index (χ4n) is 7.83. The Morgan fingerprint density at radius 2 is 1.76 bits per heavy atom. The second-order valence-corrected chi connectivity index (χ2v) is 10.2. The predicted molar refractivity (Wildman–Crippen MR) is 96.9 cm³/mol. The molecule has 3 heteroatoms. The first kappa shape index (κ1) is 17.7. The highest BCUT2D eigenvalue weighted by atomic mass is 16.3. The van der Waals surface area contributed by atoms with Crippen LogP contribution in [0.2, 0.25) is 0 Å². The first-order chi connectivity index (χ1) is 11.9. The highest BCUT2D eigenvalue weighted by Gasteiger charge is 2.58. The molecule has 0 radical (unpaired) electrons. The van der Waals surface area contributed by atoms with Crippen molar-refractivity contribution >= 4 is 12.1 Å². The quantitative estimate of drug-likeness (QED) is 0.616. The minimum atomic E-state index is -0.448. The van der Waals surface area contributed by atoms with Crippen LogP contribution in [-0.2, 0) is 9.59 Å². The van der Waals surface area contributed by atoms with Gasteiger partial charge in [-0.15, -0.1) is 0 Å². The van der Waals surface area contributed by atoms with Crippen LogP contribution in [0.1, 0.15) is 78.1 Å². The molecule has 3 nitrogen and oxygen atoms in total. The number of hydrogen-bond acceptors (Lipinski definition) is 3. The van der Waals surface area contributed by atoms with Gasteiger partial charge >= 0.3 is 0 Å². The molecule has 4 aliphatic carbocycles. The van der Waals surface area contributed by atoms with Crippen LogP contribution >= 0.6 is 0 Å². The Bertz CT molecular complexity index is 553. The van der Waals surface area contributed by atoms with E-state index in [1.165, 1.54) is 32.1 Å². The number of aldehydes is 1. The summed E-state index contributed by atoms with van der Waals surface area (Å²) in [4.78, 5) is 23.3. The molecule has 4 aliphatic rings. The molecular weight excluding hydrogens is 312 g/mol. The summed E-state index contributed by atoms with van der Waals surface area (Å²) in [5.74, 6) is 4.09. The summed E-state index contributed by atoms with van der Waals surface area (Å²) in [6.07, 6.45) is 11.2. The highest BCUT2D eigenvalue weighted by Crippen LogP contribution is 2.64. The van der Waals surface area contributed by atoms with Gasteiger partial charge in [0.15, 0.2) is 0 Å².